The van der Waals surface area contributed by atoms with Crippen LogP contribution in [-0.4, -0.2) is 13.5 Å². The summed E-state index contributed by atoms with van der Waals surface area (Å²) in [4.78, 5) is 0. The van der Waals surface area contributed by atoms with Gasteiger partial charge in [-0.05, 0) is 354 Å². The van der Waals surface area contributed by atoms with Gasteiger partial charge in [0.15, 0.2) is 23.3 Å². The number of alkyl halides is 4. The van der Waals surface area contributed by atoms with Crippen molar-refractivity contribution in [2.45, 2.75) is 176 Å². The van der Waals surface area contributed by atoms with Gasteiger partial charge in [-0.2, -0.15) is 8.78 Å². The molecular formula is C111H108F14O2. The molecule has 127 heavy (non-hydrogen) atoms. The number of benzene rings is 16. The van der Waals surface area contributed by atoms with Gasteiger partial charge in [-0.3, -0.25) is 0 Å². The van der Waals surface area contributed by atoms with Crippen LogP contribution in [0, 0.1) is 181 Å². The van der Waals surface area contributed by atoms with Crippen molar-refractivity contribution in [3.8, 4) is 11.5 Å². The number of fused-ring (bicyclic) bond motifs is 9. The smallest absolute Gasteiger partial charge is 0.387 e. The fourth-order valence-electron chi connectivity index (χ4n) is 15.9. The van der Waals surface area contributed by atoms with Crippen LogP contribution in [0.3, 0.4) is 0 Å². The van der Waals surface area contributed by atoms with Gasteiger partial charge in [-0.25, -0.2) is 52.7 Å². The van der Waals surface area contributed by atoms with Gasteiger partial charge in [0.1, 0.15) is 53.1 Å². The summed E-state index contributed by atoms with van der Waals surface area (Å²) < 4.78 is 193. The Labute approximate surface area is 736 Å². The predicted molar refractivity (Wildman–Crippen MR) is 496 cm³/mol. The quantitative estimate of drug-likeness (QED) is 0.160. The molecular weight excluding hydrogens is 1630 g/mol. The Morgan fingerprint density at radius 1 is 0.283 bits per heavy atom. The first-order valence-corrected chi connectivity index (χ1v) is 42.4. The van der Waals surface area contributed by atoms with E-state index in [-0.39, 0.29) is 40.5 Å². The van der Waals surface area contributed by atoms with E-state index < -0.39 is 54.2 Å². The van der Waals surface area contributed by atoms with E-state index in [0.29, 0.717) is 72.3 Å². The normalized spacial score (nSPS) is 13.0. The van der Waals surface area contributed by atoms with Gasteiger partial charge in [0.25, 0.3) is 0 Å². The van der Waals surface area contributed by atoms with Crippen molar-refractivity contribution in [1.29, 1.82) is 0 Å². The topological polar surface area (TPSA) is 18.5 Å². The summed E-state index contributed by atoms with van der Waals surface area (Å²) in [5.41, 5.74) is 18.8. The molecule has 2 aliphatic rings. The van der Waals surface area contributed by atoms with Crippen LogP contribution in [0.15, 0.2) is 212 Å². The average Bonchev–Trinajstić information content (AvgIpc) is 0.775. The molecule has 2 unspecified atom stereocenters. The first kappa shape index (κ1) is 97.2. The highest BCUT2D eigenvalue weighted by Gasteiger charge is 2.24. The number of ether oxygens (including phenoxy) is 2. The van der Waals surface area contributed by atoms with Gasteiger partial charge in [0, 0.05) is 16.2 Å². The molecule has 2 atom stereocenters. The van der Waals surface area contributed by atoms with Crippen LogP contribution in [0.25, 0.3) is 75.4 Å². The third-order valence-electron chi connectivity index (χ3n) is 22.7. The van der Waals surface area contributed by atoms with Crippen LogP contribution in [0.5, 0.6) is 11.5 Å². The van der Waals surface area contributed by atoms with Crippen LogP contribution in [0.2, 0.25) is 0 Å². The maximum Gasteiger partial charge on any atom is 0.387 e. The minimum Gasteiger partial charge on any atom is -0.463 e. The first-order chi connectivity index (χ1) is 60.2. The van der Waals surface area contributed by atoms with E-state index >= 15 is 0 Å². The molecule has 0 heterocycles. The zero-order valence-corrected chi connectivity index (χ0v) is 75.2. The number of rotatable bonds is 5. The lowest BCUT2D eigenvalue weighted by molar-refractivity contribution is -0.0507. The van der Waals surface area contributed by atoms with Gasteiger partial charge in [0.2, 0.25) is 6.86 Å². The molecule has 16 aromatic carbocycles. The molecule has 16 aromatic rings. The lowest BCUT2D eigenvalue weighted by Gasteiger charge is -2.24. The lowest BCUT2D eigenvalue weighted by Crippen LogP contribution is -2.14. The molecule has 18 rings (SSSR count). The molecule has 0 amide bonds. The Balaban J connectivity index is 0.000000149. The summed E-state index contributed by atoms with van der Waals surface area (Å²) in [7, 11) is 0. The molecule has 16 heteroatoms. The monoisotopic (exact) mass is 1740 g/mol. The number of hydrogen-bond donors (Lipinski definition) is 0. The Kier molecular flexibility index (Phi) is 33.2. The third kappa shape index (κ3) is 25.0. The van der Waals surface area contributed by atoms with Crippen molar-refractivity contribution in [2.24, 2.45) is 11.8 Å². The molecule has 0 spiro atoms. The standard InChI is InChI=1S/C13H16F2O.C13H17FO.C13H13F.C12H9F3.2C12H10F2.3C12H11F/c1-8-3-4-10-5-9(2)7-12(11(10)6-8)16-13(14)15;1-9-3-4-11-5-10(2)7-13(15-8-14)12(11)6-9;1-9-3-4-11-5-10(2)6-12(8-14)13(11)7-9;1-6-3-4-8-5-7(2)11(14)12(15)9(8)10(6)13;1-7-5-9-4-3-8(2)12(14)11(9)10(13)6-7;1-7-3-4-9-6-8(2)11(13)12(14)10(9)5-7;1-8-3-6-11-10(7-8)5-4-9(2)12(11)13;1-8-3-4-10-5-9(2)7-12(13)11(10)6-8;1-8-3-4-10-6-9(2)12(13)7-11(10)5-8/h5,7-8,13H,3-4,6H2,1-2H3;5,7,9H,3-4,6,8H2,1-2H3;3-7H,8H2,1-2H3;3-5H,1-2H3;2*3-6H,1-2H3;3*3-7H,1-2H3. The van der Waals surface area contributed by atoms with Crippen LogP contribution in [0.1, 0.15) is 144 Å². The van der Waals surface area contributed by atoms with Crippen molar-refractivity contribution in [2.75, 3.05) is 6.86 Å². The summed E-state index contributed by atoms with van der Waals surface area (Å²) in [5.74, 6) is -3.21. The highest BCUT2D eigenvalue weighted by molar-refractivity contribution is 5.90. The van der Waals surface area contributed by atoms with Crippen molar-refractivity contribution in [3.05, 3.63) is 387 Å². The molecule has 0 aromatic heterocycles. The predicted octanol–water partition coefficient (Wildman–Crippen LogP) is 33.2. The minimum absolute atomic E-state index is 0.0931. The second kappa shape index (κ2) is 43.4. The van der Waals surface area contributed by atoms with Crippen LogP contribution in [0.4, 0.5) is 61.5 Å². The van der Waals surface area contributed by atoms with E-state index in [0.717, 1.165) is 137 Å². The van der Waals surface area contributed by atoms with Gasteiger partial charge in [0.05, 0.1) is 10.8 Å². The maximum atomic E-state index is 13.6. The molecule has 0 bridgehead atoms. The van der Waals surface area contributed by atoms with Gasteiger partial charge < -0.3 is 9.47 Å². The molecule has 0 N–H and O–H groups in total. The summed E-state index contributed by atoms with van der Waals surface area (Å²) in [6.07, 6.45) is 6.29. The Morgan fingerprint density at radius 3 is 1.22 bits per heavy atom. The molecule has 2 aliphatic carbocycles. The third-order valence-corrected chi connectivity index (χ3v) is 22.7. The van der Waals surface area contributed by atoms with E-state index in [2.05, 4.69) is 48.9 Å². The summed E-state index contributed by atoms with van der Waals surface area (Å²) in [5, 5.41) is 9.55. The fraction of sp³-hybridized carbons (Fsp3) is 0.261. The molecule has 0 saturated carbocycles. The largest absolute Gasteiger partial charge is 0.463 e. The second-order valence-corrected chi connectivity index (χ2v) is 34.0. The summed E-state index contributed by atoms with van der Waals surface area (Å²) >= 11 is 0. The zero-order valence-electron chi connectivity index (χ0n) is 75.2. The van der Waals surface area contributed by atoms with Crippen LogP contribution in [-0.2, 0) is 32.4 Å². The minimum atomic E-state index is -2.73. The second-order valence-electron chi connectivity index (χ2n) is 34.0. The summed E-state index contributed by atoms with van der Waals surface area (Å²) in [6.45, 7) is 29.8. The van der Waals surface area contributed by atoms with Crippen LogP contribution >= 0.6 is 0 Å². The molecule has 0 aliphatic heterocycles. The van der Waals surface area contributed by atoms with Gasteiger partial charge in [-0.1, -0.05) is 199 Å². The Bertz CT molecular complexity index is 6640. The van der Waals surface area contributed by atoms with E-state index in [1.807, 2.05) is 165 Å². The molecule has 662 valence electrons. The Hall–Kier alpha value is -12.0. The molecule has 0 fully saturated rings. The van der Waals surface area contributed by atoms with Crippen molar-refractivity contribution < 1.29 is 70.9 Å². The van der Waals surface area contributed by atoms with Gasteiger partial charge in [-0.15, -0.1) is 0 Å². The number of hydrogen-bond acceptors (Lipinski definition) is 2. The zero-order chi connectivity index (χ0) is 92.7. The van der Waals surface area contributed by atoms with Crippen molar-refractivity contribution in [3.63, 3.8) is 0 Å². The molecule has 0 saturated heterocycles. The van der Waals surface area contributed by atoms with Crippen molar-refractivity contribution in [1.82, 2.24) is 0 Å². The lowest BCUT2D eigenvalue weighted by atomic mass is 9.84. The van der Waals surface area contributed by atoms with Crippen molar-refractivity contribution >= 4 is 75.4 Å². The highest BCUT2D eigenvalue weighted by Crippen LogP contribution is 2.38. The fourth-order valence-corrected chi connectivity index (χ4v) is 15.9. The maximum absolute atomic E-state index is 13.6. The highest BCUT2D eigenvalue weighted by atomic mass is 19.3. The van der Waals surface area contributed by atoms with E-state index in [1.54, 1.807) is 101 Å². The van der Waals surface area contributed by atoms with Crippen LogP contribution < -0.4 is 9.47 Å². The Morgan fingerprint density at radius 2 is 0.669 bits per heavy atom. The average molecular weight is 1740 g/mol. The SMILES string of the molecule is Cc1cc(CF)c2cc(C)ccc2c1.Cc1cc(F)c2c(F)c(C)ccc2c1.Cc1cc(F)c2cc(C)ccc2c1.Cc1cc2c(c(OC(F)F)c1)CC(C)CC2.Cc1cc2c(c(OCF)c1)CC(C)CC2.Cc1cc2ccc(C)c(F)c2c(F)c1F.Cc1ccc2c(F)c(C)ccc2c1.Cc1ccc2cc(C)c(F)c(F)c2c1.Cc1ccc2cc(C)c(F)cc2c1. The van der Waals surface area contributed by atoms with E-state index in [9.17, 15) is 61.5 Å². The summed E-state index contributed by atoms with van der Waals surface area (Å²) in [6, 6.07) is 64.7. The number of halogens is 14. The van der Waals surface area contributed by atoms with E-state index in [4.69, 9.17) is 4.74 Å². The number of aryl methyl sites for hydroxylation is 18. The molecule has 0 radical (unpaired) electrons. The molecule has 2 nitrogen and oxygen atoms in total. The first-order valence-electron chi connectivity index (χ1n) is 42.4. The van der Waals surface area contributed by atoms with Gasteiger partial charge >= 0.3 is 6.61 Å². The van der Waals surface area contributed by atoms with E-state index in [1.165, 1.54) is 54.7 Å².